The Bertz CT molecular complexity index is 706. The lowest BCUT2D eigenvalue weighted by Gasteiger charge is -2.07. The summed E-state index contributed by atoms with van der Waals surface area (Å²) in [6, 6.07) is 6.29. The van der Waals surface area contributed by atoms with E-state index in [0.717, 1.165) is 61.9 Å². The fourth-order valence-corrected chi connectivity index (χ4v) is 3.22. The largest absolute Gasteiger partial charge is 0.351 e. The van der Waals surface area contributed by atoms with Crippen molar-refractivity contribution in [3.8, 4) is 5.69 Å². The summed E-state index contributed by atoms with van der Waals surface area (Å²) in [5, 5.41) is 7.56. The summed E-state index contributed by atoms with van der Waals surface area (Å²) in [5.41, 5.74) is 3.50. The number of hydrogen-bond donors (Lipinski definition) is 1. The third-order valence-corrected chi connectivity index (χ3v) is 4.53. The zero-order chi connectivity index (χ0) is 16.9. The minimum Gasteiger partial charge on any atom is -0.351 e. The van der Waals surface area contributed by atoms with E-state index < -0.39 is 0 Å². The van der Waals surface area contributed by atoms with Crippen LogP contribution in [0.3, 0.4) is 0 Å². The average molecular weight is 329 g/mol. The van der Waals surface area contributed by atoms with Crippen molar-refractivity contribution in [2.75, 3.05) is 6.54 Å². The normalized spacial score (nSPS) is 14.1. The van der Waals surface area contributed by atoms with Gasteiger partial charge in [-0.2, -0.15) is 5.10 Å². The summed E-state index contributed by atoms with van der Waals surface area (Å²) >= 11 is 0. The van der Waals surface area contributed by atoms with Gasteiger partial charge in [-0.05, 0) is 56.4 Å². The molecule has 1 amide bonds. The smallest absolute Gasteiger partial charge is 0.272 e. The van der Waals surface area contributed by atoms with Crippen molar-refractivity contribution >= 4 is 5.91 Å². The Kier molecular flexibility index (Phi) is 5.28. The van der Waals surface area contributed by atoms with E-state index in [2.05, 4.69) is 17.3 Å². The molecular formula is C19H24FN3O. The quantitative estimate of drug-likeness (QED) is 0.670. The second-order valence-corrected chi connectivity index (χ2v) is 6.33. The second-order valence-electron chi connectivity index (χ2n) is 6.33. The highest BCUT2D eigenvalue weighted by Gasteiger charge is 2.24. The predicted molar refractivity (Wildman–Crippen MR) is 92.0 cm³/mol. The number of hydrogen-bond acceptors (Lipinski definition) is 2. The van der Waals surface area contributed by atoms with Crippen LogP contribution in [0.1, 0.15) is 60.8 Å². The number of fused-ring (bicyclic) bond motifs is 1. The van der Waals surface area contributed by atoms with Crippen molar-refractivity contribution in [3.63, 3.8) is 0 Å². The van der Waals surface area contributed by atoms with E-state index in [-0.39, 0.29) is 11.7 Å². The van der Waals surface area contributed by atoms with Crippen molar-refractivity contribution in [2.24, 2.45) is 0 Å². The highest BCUT2D eigenvalue weighted by Crippen LogP contribution is 2.26. The fourth-order valence-electron chi connectivity index (χ4n) is 3.22. The first kappa shape index (κ1) is 16.7. The average Bonchev–Trinajstić information content (AvgIpc) is 2.77. The van der Waals surface area contributed by atoms with Crippen molar-refractivity contribution in [1.29, 1.82) is 0 Å². The first-order valence-electron chi connectivity index (χ1n) is 8.85. The summed E-state index contributed by atoms with van der Waals surface area (Å²) in [5.74, 6) is -0.364. The van der Waals surface area contributed by atoms with Crippen LogP contribution in [0.15, 0.2) is 24.3 Å². The van der Waals surface area contributed by atoms with E-state index in [4.69, 9.17) is 0 Å². The summed E-state index contributed by atoms with van der Waals surface area (Å²) in [6.45, 7) is 2.77. The van der Waals surface area contributed by atoms with Crippen molar-refractivity contribution in [3.05, 3.63) is 47.0 Å². The SMILES string of the molecule is CCCCNC(=O)c1nn(-c2ccc(F)cc2)c2c1CCCCC2. The van der Waals surface area contributed by atoms with Crippen LogP contribution in [0.2, 0.25) is 0 Å². The lowest BCUT2D eigenvalue weighted by Crippen LogP contribution is -2.25. The number of carbonyl (C=O) groups is 1. The predicted octanol–water partition coefficient (Wildman–Crippen LogP) is 3.81. The fraction of sp³-hybridized carbons (Fsp3) is 0.474. The number of rotatable bonds is 5. The molecule has 1 aliphatic rings. The molecular weight excluding hydrogens is 305 g/mol. The van der Waals surface area contributed by atoms with Crippen LogP contribution >= 0.6 is 0 Å². The molecule has 1 N–H and O–H groups in total. The topological polar surface area (TPSA) is 46.9 Å². The number of unbranched alkanes of at least 4 members (excludes halogenated alkanes) is 1. The Morgan fingerprint density at radius 3 is 2.71 bits per heavy atom. The molecule has 0 radical (unpaired) electrons. The molecule has 0 unspecified atom stereocenters. The maximum atomic E-state index is 13.2. The lowest BCUT2D eigenvalue weighted by molar-refractivity contribution is 0.0947. The summed E-state index contributed by atoms with van der Waals surface area (Å²) in [6.07, 6.45) is 7.13. The van der Waals surface area contributed by atoms with Crippen LogP contribution < -0.4 is 5.32 Å². The maximum absolute atomic E-state index is 13.2. The van der Waals surface area contributed by atoms with E-state index in [1.54, 1.807) is 12.1 Å². The Labute approximate surface area is 142 Å². The number of amides is 1. The Hall–Kier alpha value is -2.17. The molecule has 1 aromatic carbocycles. The third kappa shape index (κ3) is 3.50. The van der Waals surface area contributed by atoms with Gasteiger partial charge < -0.3 is 5.32 Å². The Balaban J connectivity index is 1.97. The van der Waals surface area contributed by atoms with E-state index >= 15 is 0 Å². The van der Waals surface area contributed by atoms with Gasteiger partial charge in [0.05, 0.1) is 5.69 Å². The summed E-state index contributed by atoms with van der Waals surface area (Å²) < 4.78 is 15.0. The van der Waals surface area contributed by atoms with E-state index in [9.17, 15) is 9.18 Å². The molecule has 5 heteroatoms. The molecule has 1 heterocycles. The van der Waals surface area contributed by atoms with Crippen LogP contribution in [0.25, 0.3) is 5.69 Å². The van der Waals surface area contributed by atoms with Gasteiger partial charge in [0.25, 0.3) is 5.91 Å². The second kappa shape index (κ2) is 7.60. The van der Waals surface area contributed by atoms with Gasteiger partial charge in [0.1, 0.15) is 5.82 Å². The number of carbonyl (C=O) groups excluding carboxylic acids is 1. The lowest BCUT2D eigenvalue weighted by atomic mass is 10.1. The molecule has 3 rings (SSSR count). The van der Waals surface area contributed by atoms with Gasteiger partial charge in [-0.15, -0.1) is 0 Å². The van der Waals surface area contributed by atoms with Crippen molar-refractivity contribution < 1.29 is 9.18 Å². The van der Waals surface area contributed by atoms with Gasteiger partial charge >= 0.3 is 0 Å². The molecule has 128 valence electrons. The third-order valence-electron chi connectivity index (χ3n) is 4.53. The number of aromatic nitrogens is 2. The maximum Gasteiger partial charge on any atom is 0.272 e. The highest BCUT2D eigenvalue weighted by atomic mass is 19.1. The Morgan fingerprint density at radius 2 is 1.96 bits per heavy atom. The minimum absolute atomic E-state index is 0.0949. The molecule has 1 aromatic heterocycles. The van der Waals surface area contributed by atoms with E-state index in [0.29, 0.717) is 12.2 Å². The first-order valence-corrected chi connectivity index (χ1v) is 8.85. The molecule has 24 heavy (non-hydrogen) atoms. The van der Waals surface area contributed by atoms with Gasteiger partial charge in [0.15, 0.2) is 5.69 Å². The van der Waals surface area contributed by atoms with Gasteiger partial charge in [0.2, 0.25) is 0 Å². The molecule has 2 aromatic rings. The molecule has 4 nitrogen and oxygen atoms in total. The molecule has 0 aliphatic heterocycles. The van der Waals surface area contributed by atoms with E-state index in [1.165, 1.54) is 12.1 Å². The first-order chi connectivity index (χ1) is 11.7. The molecule has 1 aliphatic carbocycles. The number of nitrogens with zero attached hydrogens (tertiary/aromatic N) is 2. The van der Waals surface area contributed by atoms with Crippen LogP contribution in [0, 0.1) is 5.82 Å². The molecule has 0 saturated carbocycles. The van der Waals surface area contributed by atoms with Gasteiger partial charge in [-0.25, -0.2) is 9.07 Å². The zero-order valence-electron chi connectivity index (χ0n) is 14.1. The zero-order valence-corrected chi connectivity index (χ0v) is 14.1. The molecule has 0 fully saturated rings. The van der Waals surface area contributed by atoms with Crippen molar-refractivity contribution in [1.82, 2.24) is 15.1 Å². The number of halogens is 1. The number of benzene rings is 1. The molecule has 0 spiro atoms. The summed E-state index contributed by atoms with van der Waals surface area (Å²) in [4.78, 5) is 12.6. The monoisotopic (exact) mass is 329 g/mol. The van der Waals surface area contributed by atoms with Crippen molar-refractivity contribution in [2.45, 2.75) is 51.9 Å². The van der Waals surface area contributed by atoms with Crippen LogP contribution in [-0.4, -0.2) is 22.2 Å². The Morgan fingerprint density at radius 1 is 1.21 bits per heavy atom. The molecule has 0 atom stereocenters. The minimum atomic E-state index is -0.269. The van der Waals surface area contributed by atoms with Crippen LogP contribution in [-0.2, 0) is 12.8 Å². The van der Waals surface area contributed by atoms with Gasteiger partial charge in [0, 0.05) is 17.8 Å². The molecule has 0 saturated heterocycles. The molecule has 0 bridgehead atoms. The number of nitrogens with one attached hydrogen (secondary N) is 1. The highest BCUT2D eigenvalue weighted by molar-refractivity contribution is 5.94. The van der Waals surface area contributed by atoms with E-state index in [1.807, 2.05) is 4.68 Å². The van der Waals surface area contributed by atoms with Crippen LogP contribution in [0.5, 0.6) is 0 Å². The standard InChI is InChI=1S/C19H24FN3O/c1-2-3-13-21-19(24)18-16-7-5-4-6-8-17(16)23(22-18)15-11-9-14(20)10-12-15/h9-12H,2-8,13H2,1H3,(H,21,24). The van der Waals surface area contributed by atoms with Crippen LogP contribution in [0.4, 0.5) is 4.39 Å². The van der Waals surface area contributed by atoms with Gasteiger partial charge in [-0.3, -0.25) is 4.79 Å². The van der Waals surface area contributed by atoms with Gasteiger partial charge in [-0.1, -0.05) is 19.8 Å². The summed E-state index contributed by atoms with van der Waals surface area (Å²) in [7, 11) is 0.